The van der Waals surface area contributed by atoms with Gasteiger partial charge < -0.3 is 48.3 Å². The van der Waals surface area contributed by atoms with Crippen LogP contribution >= 0.6 is 0 Å². The minimum Gasteiger partial charge on any atom is -0.494 e. The number of likely N-dealkylation sites (N-methyl/N-ethyl adjacent to an activating group) is 2. The Labute approximate surface area is 375 Å². The molecular weight excluding hydrogens is 835 g/mol. The van der Waals surface area contributed by atoms with E-state index in [1.807, 2.05) is 70.8 Å². The number of amides is 2. The normalized spacial score (nSPS) is 35.5. The zero-order valence-electron chi connectivity index (χ0n) is 39.2. The third kappa shape index (κ3) is 11.8. The minimum atomic E-state index is -1.69. The van der Waals surface area contributed by atoms with Gasteiger partial charge in [-0.25, -0.2) is 19.7 Å². The maximum absolute atomic E-state index is 14.4. The van der Waals surface area contributed by atoms with E-state index in [0.29, 0.717) is 31.0 Å². The molecule has 4 N–H and O–H groups in total. The van der Waals surface area contributed by atoms with Crippen molar-refractivity contribution in [3.63, 3.8) is 0 Å². The van der Waals surface area contributed by atoms with Gasteiger partial charge in [0.25, 0.3) is 5.91 Å². The number of carbonyl (C=O) groups excluding carboxylic acids is 4. The number of hydrazine groups is 1. The number of cyclic esters (lactones) is 1. The van der Waals surface area contributed by atoms with Gasteiger partial charge in [-0.1, -0.05) is 26.0 Å². The number of fused-ring (bicyclic) bond motifs is 1. The lowest BCUT2D eigenvalue weighted by Gasteiger charge is -2.47. The Hall–Kier alpha value is -4.60. The molecule has 0 aliphatic carbocycles. The summed E-state index contributed by atoms with van der Waals surface area (Å²) in [6.07, 6.45) is -6.68. The van der Waals surface area contributed by atoms with Gasteiger partial charge in [-0.15, -0.1) is 5.10 Å². The first-order valence-electron chi connectivity index (χ1n) is 22.1. The molecule has 4 heterocycles. The van der Waals surface area contributed by atoms with Gasteiger partial charge in [0.15, 0.2) is 18.0 Å². The molecule has 3 fully saturated rings. The molecule has 0 unspecified atom stereocenters. The number of rotatable bonds is 10. The summed E-state index contributed by atoms with van der Waals surface area (Å²) in [5.74, 6) is -3.22. The molecule has 2 aromatic rings. The summed E-state index contributed by atoms with van der Waals surface area (Å²) in [5, 5.41) is 32.3. The fraction of sp³-hybridized carbons (Fsp3) is 0.727. The molecule has 0 radical (unpaired) electrons. The molecule has 0 spiro atoms. The molecule has 14 atom stereocenters. The van der Waals surface area contributed by atoms with Crippen LogP contribution in [0.3, 0.4) is 0 Å². The molecule has 20 nitrogen and oxygen atoms in total. The van der Waals surface area contributed by atoms with Crippen LogP contribution in [0.1, 0.15) is 81.6 Å². The summed E-state index contributed by atoms with van der Waals surface area (Å²) < 4.78 is 43.3. The highest BCUT2D eigenvalue weighted by Gasteiger charge is 2.58. The van der Waals surface area contributed by atoms with E-state index in [4.69, 9.17) is 33.2 Å². The highest BCUT2D eigenvalue weighted by molar-refractivity contribution is 5.79. The van der Waals surface area contributed by atoms with Crippen LogP contribution < -0.4 is 15.6 Å². The number of hydrogen-bond acceptors (Lipinski definition) is 17. The Morgan fingerprint density at radius 3 is 2.36 bits per heavy atom. The summed E-state index contributed by atoms with van der Waals surface area (Å²) in [5.41, 5.74) is 2.75. The van der Waals surface area contributed by atoms with E-state index in [0.717, 1.165) is 5.56 Å². The average molecular weight is 904 g/mol. The number of aromatic nitrogens is 3. The van der Waals surface area contributed by atoms with E-state index in [-0.39, 0.29) is 37.5 Å². The van der Waals surface area contributed by atoms with Crippen molar-refractivity contribution in [2.45, 2.75) is 154 Å². The van der Waals surface area contributed by atoms with Crippen molar-refractivity contribution in [3.05, 3.63) is 30.5 Å². The molecule has 0 bridgehead atoms. The standard InChI is InChI=1S/C44H69N7O13/c1-13-33-44(9)38(63-42(56)64-44)28(7)50(12)21-24(3)20-43(8,57)37(62-40-35(53)32(49(10)11)19-25(4)59-40)26(5)36(27(6)39(54)60-33)61-41(55)47-46-34(52)23-51-22-31(45-48-51)29-15-17-30(18-16-29)58-14-2/h15-18,22,24-28,32-33,35-38,40,53,57H,13-14,19-21,23H2,1-12H3,(H,46,52)(H,47,55)/t24-,25-,26+,27-,28-,32+,33-,35-,36+,37-,38-,40+,43-,44-/m1/s1. The van der Waals surface area contributed by atoms with Gasteiger partial charge in [-0.05, 0) is 112 Å². The second-order valence-electron chi connectivity index (χ2n) is 18.3. The lowest BCUT2D eigenvalue weighted by atomic mass is 9.77. The van der Waals surface area contributed by atoms with Crippen LogP contribution in [0.2, 0.25) is 0 Å². The average Bonchev–Trinajstić information content (AvgIpc) is 3.82. The van der Waals surface area contributed by atoms with Gasteiger partial charge in [-0.2, -0.15) is 0 Å². The number of benzene rings is 1. The first-order chi connectivity index (χ1) is 30.1. The van der Waals surface area contributed by atoms with Crippen LogP contribution in [-0.4, -0.2) is 160 Å². The van der Waals surface area contributed by atoms with Crippen LogP contribution in [0.5, 0.6) is 5.75 Å². The molecule has 64 heavy (non-hydrogen) atoms. The van der Waals surface area contributed by atoms with Gasteiger partial charge in [0.1, 0.15) is 36.3 Å². The van der Waals surface area contributed by atoms with E-state index in [1.54, 1.807) is 46.0 Å². The number of nitrogens with zero attached hydrogens (tertiary/aromatic N) is 5. The van der Waals surface area contributed by atoms with Crippen molar-refractivity contribution >= 4 is 24.1 Å². The maximum Gasteiger partial charge on any atom is 0.509 e. The molecule has 1 aromatic carbocycles. The molecule has 3 saturated heterocycles. The summed E-state index contributed by atoms with van der Waals surface area (Å²) in [4.78, 5) is 57.8. The zero-order chi connectivity index (χ0) is 47.3. The van der Waals surface area contributed by atoms with Gasteiger partial charge in [0, 0.05) is 30.1 Å². The van der Waals surface area contributed by atoms with Crippen LogP contribution in [0.15, 0.2) is 30.5 Å². The highest BCUT2D eigenvalue weighted by atomic mass is 16.8. The largest absolute Gasteiger partial charge is 0.509 e. The van der Waals surface area contributed by atoms with Gasteiger partial charge in [-0.3, -0.25) is 19.9 Å². The van der Waals surface area contributed by atoms with Crippen molar-refractivity contribution in [2.75, 3.05) is 34.3 Å². The third-order valence-corrected chi connectivity index (χ3v) is 12.7. The summed E-state index contributed by atoms with van der Waals surface area (Å²) in [6.45, 7) is 16.4. The van der Waals surface area contributed by atoms with Crippen LogP contribution in [0, 0.1) is 17.8 Å². The summed E-state index contributed by atoms with van der Waals surface area (Å²) in [6, 6.07) is 6.48. The Balaban J connectivity index is 1.43. The van der Waals surface area contributed by atoms with Gasteiger partial charge in [0.05, 0.1) is 36.5 Å². The van der Waals surface area contributed by atoms with Crippen molar-refractivity contribution in [3.8, 4) is 17.0 Å². The van der Waals surface area contributed by atoms with Crippen molar-refractivity contribution < 1.29 is 62.5 Å². The second-order valence-corrected chi connectivity index (χ2v) is 18.3. The maximum atomic E-state index is 14.4. The number of aliphatic hydroxyl groups excluding tert-OH is 1. The molecule has 3 aliphatic heterocycles. The summed E-state index contributed by atoms with van der Waals surface area (Å²) in [7, 11) is 5.56. The fourth-order valence-corrected chi connectivity index (χ4v) is 9.40. The molecule has 2 amide bonds. The quantitative estimate of drug-likeness (QED) is 0.152. The van der Waals surface area contributed by atoms with Crippen molar-refractivity contribution in [1.82, 2.24) is 35.6 Å². The number of aliphatic hydroxyl groups is 2. The topological polar surface area (TPSA) is 235 Å². The van der Waals surface area contributed by atoms with Crippen LogP contribution in [-0.2, 0) is 44.6 Å². The van der Waals surface area contributed by atoms with Crippen molar-refractivity contribution in [1.29, 1.82) is 0 Å². The Bertz CT molecular complexity index is 1900. The van der Waals surface area contributed by atoms with E-state index >= 15 is 0 Å². The van der Waals surface area contributed by atoms with Gasteiger partial charge >= 0.3 is 18.2 Å². The Morgan fingerprint density at radius 1 is 1.03 bits per heavy atom. The Morgan fingerprint density at radius 2 is 1.72 bits per heavy atom. The second kappa shape index (κ2) is 21.1. The number of esters is 1. The Kier molecular flexibility index (Phi) is 16.6. The van der Waals surface area contributed by atoms with E-state index < -0.39 is 90.0 Å². The van der Waals surface area contributed by atoms with Gasteiger partial charge in [0.2, 0.25) is 0 Å². The van der Waals surface area contributed by atoms with E-state index in [9.17, 15) is 29.4 Å². The first-order valence-corrected chi connectivity index (χ1v) is 22.1. The zero-order valence-corrected chi connectivity index (χ0v) is 39.2. The summed E-state index contributed by atoms with van der Waals surface area (Å²) >= 11 is 0. The minimum absolute atomic E-state index is 0.140. The monoisotopic (exact) mass is 903 g/mol. The van der Waals surface area contributed by atoms with Crippen molar-refractivity contribution in [2.24, 2.45) is 17.8 Å². The van der Waals surface area contributed by atoms with E-state index in [2.05, 4.69) is 21.2 Å². The first kappa shape index (κ1) is 50.4. The molecule has 20 heteroatoms. The number of carbonyl (C=O) groups is 4. The van der Waals surface area contributed by atoms with E-state index in [1.165, 1.54) is 11.6 Å². The number of nitrogens with one attached hydrogen (secondary N) is 2. The molecule has 5 rings (SSSR count). The lowest BCUT2D eigenvalue weighted by Crippen LogP contribution is -2.59. The van der Waals surface area contributed by atoms with Crippen LogP contribution in [0.25, 0.3) is 11.3 Å². The molecule has 1 aromatic heterocycles. The molecule has 3 aliphatic rings. The molecular formula is C44H69N7O13. The molecule has 0 saturated carbocycles. The fourth-order valence-electron chi connectivity index (χ4n) is 9.40. The number of ether oxygens (including phenoxy) is 7. The lowest BCUT2D eigenvalue weighted by molar-refractivity contribution is -0.299. The molecule has 358 valence electrons. The number of hydrogen-bond donors (Lipinski definition) is 4. The predicted octanol–water partition coefficient (Wildman–Crippen LogP) is 3.28. The third-order valence-electron chi connectivity index (χ3n) is 12.7. The highest BCUT2D eigenvalue weighted by Crippen LogP contribution is 2.40. The predicted molar refractivity (Wildman–Crippen MR) is 230 cm³/mol. The van der Waals surface area contributed by atoms with Crippen LogP contribution in [0.4, 0.5) is 9.59 Å². The SMILES string of the molecule is CCOc1ccc(-c2cn(CC(=O)NNC(=O)O[C@H]3[C@H](C)[C@@H](O[C@@H]4O[C@H](C)C[C@H](N(C)C)[C@H]4O)[C@](C)(O)C[C@@H](C)CN(C)[C@H](C)[C@H]4OC(=O)O[C@]4(C)[C@@H](CC)OC(=O)[C@@H]3C)nn2)cc1. The smallest absolute Gasteiger partial charge is 0.494 e.